The van der Waals surface area contributed by atoms with Gasteiger partial charge in [-0.05, 0) is 12.0 Å². The second kappa shape index (κ2) is 7.32. The summed E-state index contributed by atoms with van der Waals surface area (Å²) in [5.41, 5.74) is 0.466. The van der Waals surface area contributed by atoms with Gasteiger partial charge in [0.15, 0.2) is 0 Å². The molecule has 0 spiro atoms. The predicted octanol–water partition coefficient (Wildman–Crippen LogP) is 1.39. The number of nitrogens with zero attached hydrogens (tertiary/aromatic N) is 2. The Balaban J connectivity index is 2.67. The molecule has 0 N–H and O–H groups in total. The smallest absolute Gasteiger partial charge is 0.269 e. The zero-order chi connectivity index (χ0) is 15.2. The Bertz CT molecular complexity index is 541. The monoisotopic (exact) mass is 302 g/mol. The van der Waals surface area contributed by atoms with Crippen molar-refractivity contribution in [2.75, 3.05) is 27.3 Å². The van der Waals surface area contributed by atoms with Crippen molar-refractivity contribution in [3.05, 3.63) is 39.9 Å². The van der Waals surface area contributed by atoms with Crippen LogP contribution >= 0.6 is 0 Å². The maximum absolute atomic E-state index is 12.1. The minimum absolute atomic E-state index is 0.0559. The van der Waals surface area contributed by atoms with Gasteiger partial charge < -0.3 is 4.74 Å². The van der Waals surface area contributed by atoms with Gasteiger partial charge in [0.05, 0.1) is 10.7 Å². The number of benzene rings is 1. The quantitative estimate of drug-likeness (QED) is 0.411. The number of nitro groups is 1. The topological polar surface area (TPSA) is 89.8 Å². The highest BCUT2D eigenvalue weighted by Crippen LogP contribution is 2.15. The summed E-state index contributed by atoms with van der Waals surface area (Å²) in [6.45, 7) is 0.876. The number of hydrogen-bond acceptors (Lipinski definition) is 5. The molecule has 112 valence electrons. The second-order valence-corrected chi connectivity index (χ2v) is 6.42. The van der Waals surface area contributed by atoms with Crippen LogP contribution in [-0.4, -0.2) is 45.0 Å². The molecule has 7 nitrogen and oxygen atoms in total. The molecular formula is C12H18N2O5S. The zero-order valence-corrected chi connectivity index (χ0v) is 12.3. The van der Waals surface area contributed by atoms with E-state index in [0.717, 1.165) is 0 Å². The van der Waals surface area contributed by atoms with E-state index in [4.69, 9.17) is 4.74 Å². The van der Waals surface area contributed by atoms with Gasteiger partial charge in [0.1, 0.15) is 0 Å². The molecule has 0 amide bonds. The van der Waals surface area contributed by atoms with E-state index in [1.807, 2.05) is 0 Å². The largest absolute Gasteiger partial charge is 0.385 e. The summed E-state index contributed by atoms with van der Waals surface area (Å²) in [4.78, 5) is 10.0. The van der Waals surface area contributed by atoms with Gasteiger partial charge in [0.25, 0.3) is 5.69 Å². The van der Waals surface area contributed by atoms with Crippen LogP contribution in [0.3, 0.4) is 0 Å². The standard InChI is InChI=1S/C12H18N2O5S/c1-13(8-3-9-19-2)20(17,18)10-11-4-6-12(7-5-11)14(15)16/h4-7H,3,8-10H2,1-2H3. The highest BCUT2D eigenvalue weighted by Gasteiger charge is 2.18. The third-order valence-electron chi connectivity index (χ3n) is 2.79. The molecule has 0 bridgehead atoms. The lowest BCUT2D eigenvalue weighted by atomic mass is 10.2. The van der Waals surface area contributed by atoms with Gasteiger partial charge in [0.2, 0.25) is 10.0 Å². The second-order valence-electron chi connectivity index (χ2n) is 4.35. The molecule has 0 radical (unpaired) electrons. The average molecular weight is 302 g/mol. The van der Waals surface area contributed by atoms with Gasteiger partial charge in [-0.15, -0.1) is 0 Å². The first-order valence-corrected chi connectivity index (χ1v) is 7.64. The van der Waals surface area contributed by atoms with Crippen molar-refractivity contribution in [3.8, 4) is 0 Å². The van der Waals surface area contributed by atoms with E-state index in [1.54, 1.807) is 7.11 Å². The molecule has 0 saturated carbocycles. The van der Waals surface area contributed by atoms with E-state index in [9.17, 15) is 18.5 Å². The highest BCUT2D eigenvalue weighted by atomic mass is 32.2. The van der Waals surface area contributed by atoms with Crippen LogP contribution in [-0.2, 0) is 20.5 Å². The van der Waals surface area contributed by atoms with Gasteiger partial charge in [-0.1, -0.05) is 12.1 Å². The average Bonchev–Trinajstić information content (AvgIpc) is 2.39. The summed E-state index contributed by atoms with van der Waals surface area (Å²) in [5, 5.41) is 10.5. The van der Waals surface area contributed by atoms with Gasteiger partial charge in [-0.25, -0.2) is 12.7 Å². The van der Waals surface area contributed by atoms with Crippen molar-refractivity contribution in [2.24, 2.45) is 0 Å². The van der Waals surface area contributed by atoms with Crippen molar-refractivity contribution in [1.29, 1.82) is 0 Å². The molecule has 1 aromatic carbocycles. The molecule has 1 aromatic rings. The number of nitro benzene ring substituents is 1. The molecule has 0 fully saturated rings. The van der Waals surface area contributed by atoms with Gasteiger partial charge in [0, 0.05) is 39.4 Å². The number of methoxy groups -OCH3 is 1. The maximum Gasteiger partial charge on any atom is 0.269 e. The fraction of sp³-hybridized carbons (Fsp3) is 0.500. The molecule has 0 saturated heterocycles. The van der Waals surface area contributed by atoms with Crippen molar-refractivity contribution in [2.45, 2.75) is 12.2 Å². The minimum Gasteiger partial charge on any atom is -0.385 e. The summed E-state index contributed by atoms with van der Waals surface area (Å²) in [7, 11) is -0.348. The van der Waals surface area contributed by atoms with Crippen LogP contribution in [0.25, 0.3) is 0 Å². The Labute approximate surface area is 118 Å². The molecule has 0 aliphatic heterocycles. The lowest BCUT2D eigenvalue weighted by molar-refractivity contribution is -0.384. The summed E-state index contributed by atoms with van der Waals surface area (Å²) < 4.78 is 30.3. The van der Waals surface area contributed by atoms with Crippen molar-refractivity contribution in [1.82, 2.24) is 4.31 Å². The number of rotatable bonds is 8. The molecule has 0 aromatic heterocycles. The van der Waals surface area contributed by atoms with Crippen LogP contribution < -0.4 is 0 Å². The first kappa shape index (κ1) is 16.5. The van der Waals surface area contributed by atoms with E-state index in [2.05, 4.69) is 0 Å². The third-order valence-corrected chi connectivity index (χ3v) is 4.62. The maximum atomic E-state index is 12.1. The van der Waals surface area contributed by atoms with Gasteiger partial charge >= 0.3 is 0 Å². The summed E-state index contributed by atoms with van der Waals surface area (Å²) in [6.07, 6.45) is 0.618. The number of hydrogen-bond donors (Lipinski definition) is 0. The lowest BCUT2D eigenvalue weighted by Gasteiger charge is -2.16. The normalized spacial score (nSPS) is 11.8. The molecule has 0 atom stereocenters. The Morgan fingerprint density at radius 1 is 1.30 bits per heavy atom. The predicted molar refractivity (Wildman–Crippen MR) is 74.8 cm³/mol. The first-order chi connectivity index (χ1) is 9.36. The van der Waals surface area contributed by atoms with Crippen LogP contribution in [0, 0.1) is 10.1 Å². The fourth-order valence-electron chi connectivity index (χ4n) is 1.61. The van der Waals surface area contributed by atoms with Crippen LogP contribution in [0.2, 0.25) is 0 Å². The van der Waals surface area contributed by atoms with E-state index in [1.165, 1.54) is 35.6 Å². The van der Waals surface area contributed by atoms with Crippen molar-refractivity contribution < 1.29 is 18.1 Å². The molecule has 0 aliphatic rings. The molecule has 20 heavy (non-hydrogen) atoms. The minimum atomic E-state index is -3.42. The van der Waals surface area contributed by atoms with E-state index >= 15 is 0 Å². The molecule has 1 rings (SSSR count). The number of ether oxygens (including phenoxy) is 1. The number of non-ortho nitro benzene ring substituents is 1. The molecular weight excluding hydrogens is 284 g/mol. The molecule has 0 heterocycles. The van der Waals surface area contributed by atoms with Gasteiger partial charge in [-0.3, -0.25) is 10.1 Å². The molecule has 8 heteroatoms. The van der Waals surface area contributed by atoms with Crippen LogP contribution in [0.5, 0.6) is 0 Å². The SMILES string of the molecule is COCCCN(C)S(=O)(=O)Cc1ccc([N+](=O)[O-])cc1. The van der Waals surface area contributed by atoms with Crippen molar-refractivity contribution in [3.63, 3.8) is 0 Å². The van der Waals surface area contributed by atoms with Crippen LogP contribution in [0.4, 0.5) is 5.69 Å². The van der Waals surface area contributed by atoms with E-state index in [-0.39, 0.29) is 11.4 Å². The van der Waals surface area contributed by atoms with Crippen LogP contribution in [0.1, 0.15) is 12.0 Å². The van der Waals surface area contributed by atoms with E-state index in [0.29, 0.717) is 25.1 Å². The van der Waals surface area contributed by atoms with Gasteiger partial charge in [-0.2, -0.15) is 0 Å². The summed E-state index contributed by atoms with van der Waals surface area (Å²) in [5.74, 6) is -0.172. The summed E-state index contributed by atoms with van der Waals surface area (Å²) >= 11 is 0. The third kappa shape index (κ3) is 4.87. The highest BCUT2D eigenvalue weighted by molar-refractivity contribution is 7.88. The fourth-order valence-corrected chi connectivity index (χ4v) is 2.85. The van der Waals surface area contributed by atoms with E-state index < -0.39 is 14.9 Å². The first-order valence-electron chi connectivity index (χ1n) is 6.03. The van der Waals surface area contributed by atoms with Crippen molar-refractivity contribution >= 4 is 15.7 Å². The Morgan fingerprint density at radius 3 is 2.40 bits per heavy atom. The zero-order valence-electron chi connectivity index (χ0n) is 11.5. The molecule has 0 unspecified atom stereocenters. The van der Waals surface area contributed by atoms with Crippen LogP contribution in [0.15, 0.2) is 24.3 Å². The summed E-state index contributed by atoms with van der Waals surface area (Å²) in [6, 6.07) is 5.52. The Morgan fingerprint density at radius 2 is 1.90 bits per heavy atom. The Kier molecular flexibility index (Phi) is 6.05. The molecule has 0 aliphatic carbocycles. The Hall–Kier alpha value is -1.51. The number of sulfonamides is 1. The lowest BCUT2D eigenvalue weighted by Crippen LogP contribution is -2.29.